The zero-order valence-electron chi connectivity index (χ0n) is 18.0. The molecule has 2 aliphatic rings. The van der Waals surface area contributed by atoms with Crippen LogP contribution in [-0.4, -0.2) is 20.3 Å². The molecule has 0 bridgehead atoms. The minimum Gasteiger partial charge on any atom is -0.385 e. The number of rotatable bonds is 3. The van der Waals surface area contributed by atoms with Crippen LogP contribution in [-0.2, 0) is 40.2 Å². The summed E-state index contributed by atoms with van der Waals surface area (Å²) in [5.74, 6) is -0.728. The van der Waals surface area contributed by atoms with Crippen LogP contribution in [0, 0.1) is 5.82 Å². The molecule has 168 valence electrons. The summed E-state index contributed by atoms with van der Waals surface area (Å²) in [5, 5.41) is 18.7. The lowest BCUT2D eigenvalue weighted by atomic mass is 9.90. The lowest BCUT2D eigenvalue weighted by Gasteiger charge is -2.20. The van der Waals surface area contributed by atoms with E-state index in [1.54, 1.807) is 0 Å². The molecule has 0 saturated carbocycles. The van der Waals surface area contributed by atoms with E-state index in [0.29, 0.717) is 5.69 Å². The van der Waals surface area contributed by atoms with Gasteiger partial charge in [-0.05, 0) is 57.1 Å². The van der Waals surface area contributed by atoms with E-state index in [9.17, 15) is 18.5 Å². The van der Waals surface area contributed by atoms with Crippen molar-refractivity contribution in [2.75, 3.05) is 5.32 Å². The molecular weight excluding hydrogens is 439 g/mol. The van der Waals surface area contributed by atoms with E-state index in [4.69, 9.17) is 10.1 Å². The number of nitrogens with two attached hydrogens (primary N) is 1. The first-order valence-corrected chi connectivity index (χ1v) is 12.6. The normalized spacial score (nSPS) is 18.9. The molecule has 0 fully saturated rings. The van der Waals surface area contributed by atoms with Gasteiger partial charge in [0.15, 0.2) is 9.92 Å². The average molecular weight is 467 g/mol. The zero-order chi connectivity index (χ0) is 22.8. The van der Waals surface area contributed by atoms with Crippen LogP contribution in [0.4, 0.5) is 14.9 Å². The monoisotopic (exact) mass is 466 g/mol. The fraction of sp³-hybridized carbons (Fsp3) is 0.524. The van der Waals surface area contributed by atoms with E-state index in [-0.39, 0.29) is 14.5 Å². The topological polar surface area (TPSA) is 118 Å². The Morgan fingerprint density at radius 2 is 2.06 bits per heavy atom. The molecule has 31 heavy (non-hydrogen) atoms. The van der Waals surface area contributed by atoms with Gasteiger partial charge in [0.05, 0.1) is 21.9 Å². The number of thiophene rings is 1. The number of aromatic nitrogens is 1. The molecule has 10 heteroatoms. The molecule has 2 amide bonds. The molecule has 0 aromatic carbocycles. The zero-order valence-corrected chi connectivity index (χ0v) is 19.7. The van der Waals surface area contributed by atoms with Crippen LogP contribution < -0.4 is 10.5 Å². The summed E-state index contributed by atoms with van der Waals surface area (Å²) >= 11 is 0.752. The largest absolute Gasteiger partial charge is 0.385 e. The fourth-order valence-corrected chi connectivity index (χ4v) is 6.60. The summed E-state index contributed by atoms with van der Waals surface area (Å²) in [6, 6.07) is 0.139. The molecule has 2 heterocycles. The Kier molecular flexibility index (Phi) is 5.28. The second-order valence-corrected chi connectivity index (χ2v) is 12.4. The number of aliphatic hydroxyl groups is 1. The van der Waals surface area contributed by atoms with Gasteiger partial charge in [-0.2, -0.15) is 0 Å². The standard InChI is InChI=1S/C21H27FN4O3S2/c1-20(2)9-8-12-16(11-6-5-7-14(11)24-17(12)20)25-19(27)26-31(23,29)15-10-13(22)18(30-15)21(3,4)28/h10,28H,5-9H2,1-4H3,(H3,23,24,25,26,27,29)/t31-/m0/s1. The third-order valence-corrected chi connectivity index (χ3v) is 9.24. The van der Waals surface area contributed by atoms with E-state index in [2.05, 4.69) is 23.5 Å². The third kappa shape index (κ3) is 4.02. The number of amides is 2. The number of anilines is 1. The Labute approximate surface area is 185 Å². The van der Waals surface area contributed by atoms with Crippen molar-refractivity contribution in [1.29, 1.82) is 0 Å². The van der Waals surface area contributed by atoms with Gasteiger partial charge in [0.1, 0.15) is 10.0 Å². The van der Waals surface area contributed by atoms with Crippen LogP contribution in [0.1, 0.15) is 67.9 Å². The Hall–Kier alpha value is -1.88. The van der Waals surface area contributed by atoms with Gasteiger partial charge in [0.25, 0.3) is 0 Å². The number of urea groups is 1. The first-order valence-electron chi connectivity index (χ1n) is 10.2. The Morgan fingerprint density at radius 1 is 1.35 bits per heavy atom. The summed E-state index contributed by atoms with van der Waals surface area (Å²) in [7, 11) is -3.68. The quantitative estimate of drug-likeness (QED) is 0.630. The van der Waals surface area contributed by atoms with Crippen LogP contribution in [0.25, 0.3) is 0 Å². The van der Waals surface area contributed by atoms with Crippen LogP contribution in [0.5, 0.6) is 0 Å². The molecule has 4 rings (SSSR count). The molecule has 4 N–H and O–H groups in total. The first kappa shape index (κ1) is 22.3. The highest BCUT2D eigenvalue weighted by Crippen LogP contribution is 2.44. The van der Waals surface area contributed by atoms with Crippen molar-refractivity contribution in [3.05, 3.63) is 39.3 Å². The maximum absolute atomic E-state index is 14.2. The van der Waals surface area contributed by atoms with Crippen molar-refractivity contribution < 1.29 is 18.5 Å². The smallest absolute Gasteiger partial charge is 0.354 e. The molecule has 2 aliphatic carbocycles. The van der Waals surface area contributed by atoms with Crippen molar-refractivity contribution >= 4 is 33.0 Å². The minimum atomic E-state index is -3.68. The average Bonchev–Trinajstić information content (AvgIpc) is 3.32. The SMILES string of the molecule is CC(C)(O)c1sc([S@@](N)(=O)=NC(=O)Nc2c3c(nc4c2CCC4(C)C)CCC3)cc1F. The third-order valence-electron chi connectivity index (χ3n) is 5.92. The van der Waals surface area contributed by atoms with Gasteiger partial charge >= 0.3 is 6.03 Å². The van der Waals surface area contributed by atoms with Crippen molar-refractivity contribution in [3.63, 3.8) is 0 Å². The number of nitrogens with one attached hydrogen (secondary N) is 1. The fourth-order valence-electron chi connectivity index (χ4n) is 4.34. The molecule has 2 aromatic heterocycles. The van der Waals surface area contributed by atoms with Gasteiger partial charge in [-0.15, -0.1) is 15.7 Å². The van der Waals surface area contributed by atoms with E-state index in [1.807, 2.05) is 0 Å². The predicted octanol–water partition coefficient (Wildman–Crippen LogP) is 4.15. The maximum atomic E-state index is 14.2. The lowest BCUT2D eigenvalue weighted by molar-refractivity contribution is 0.0789. The Morgan fingerprint density at radius 3 is 2.71 bits per heavy atom. The number of pyridine rings is 1. The lowest BCUT2D eigenvalue weighted by Crippen LogP contribution is -2.19. The number of hydrogen-bond acceptors (Lipinski definition) is 5. The molecule has 0 radical (unpaired) electrons. The van der Waals surface area contributed by atoms with Gasteiger partial charge in [0.2, 0.25) is 0 Å². The van der Waals surface area contributed by atoms with Crippen molar-refractivity contribution in [2.45, 2.75) is 75.0 Å². The van der Waals surface area contributed by atoms with Gasteiger partial charge in [-0.1, -0.05) is 13.8 Å². The summed E-state index contributed by atoms with van der Waals surface area (Å²) in [4.78, 5) is 17.6. The Balaban J connectivity index is 1.70. The van der Waals surface area contributed by atoms with E-state index >= 15 is 0 Å². The molecular formula is C21H27FN4O3S2. The number of carbonyl (C=O) groups is 1. The van der Waals surface area contributed by atoms with E-state index in [1.165, 1.54) is 13.8 Å². The summed E-state index contributed by atoms with van der Waals surface area (Å²) in [5.41, 5.74) is 3.17. The number of halogens is 1. The number of hydrogen-bond donors (Lipinski definition) is 3. The highest BCUT2D eigenvalue weighted by molar-refractivity contribution is 7.93. The van der Waals surface area contributed by atoms with Gasteiger partial charge < -0.3 is 10.4 Å². The van der Waals surface area contributed by atoms with Crippen molar-refractivity contribution in [3.8, 4) is 0 Å². The molecule has 2 aromatic rings. The predicted molar refractivity (Wildman–Crippen MR) is 119 cm³/mol. The molecule has 7 nitrogen and oxygen atoms in total. The Bertz CT molecular complexity index is 1200. The van der Waals surface area contributed by atoms with Crippen LogP contribution in [0.2, 0.25) is 0 Å². The van der Waals surface area contributed by atoms with E-state index < -0.39 is 27.4 Å². The summed E-state index contributed by atoms with van der Waals surface area (Å²) in [6.07, 6.45) is 4.37. The number of fused-ring (bicyclic) bond motifs is 2. The number of nitrogens with zero attached hydrogens (tertiary/aromatic N) is 2. The van der Waals surface area contributed by atoms with Gasteiger partial charge in [-0.3, -0.25) is 4.98 Å². The maximum Gasteiger partial charge on any atom is 0.354 e. The molecule has 0 unspecified atom stereocenters. The van der Waals surface area contributed by atoms with Crippen LogP contribution >= 0.6 is 11.3 Å². The highest BCUT2D eigenvalue weighted by atomic mass is 32.2. The molecule has 1 atom stereocenters. The number of carbonyl (C=O) groups excluding carboxylic acids is 1. The highest BCUT2D eigenvalue weighted by Gasteiger charge is 2.36. The number of aryl methyl sites for hydroxylation is 1. The van der Waals surface area contributed by atoms with Crippen molar-refractivity contribution in [1.82, 2.24) is 4.98 Å². The van der Waals surface area contributed by atoms with Crippen LogP contribution in [0.15, 0.2) is 14.6 Å². The first-order chi connectivity index (χ1) is 14.3. The summed E-state index contributed by atoms with van der Waals surface area (Å²) < 4.78 is 30.8. The van der Waals surface area contributed by atoms with Gasteiger partial charge in [-0.25, -0.2) is 18.5 Å². The molecule has 0 aliphatic heterocycles. The second-order valence-electron chi connectivity index (χ2n) is 9.37. The van der Waals surface area contributed by atoms with Gasteiger partial charge in [0, 0.05) is 17.2 Å². The van der Waals surface area contributed by atoms with Crippen LogP contribution in [0.3, 0.4) is 0 Å². The van der Waals surface area contributed by atoms with Crippen molar-refractivity contribution in [2.24, 2.45) is 9.50 Å². The molecule has 0 saturated heterocycles. The minimum absolute atomic E-state index is 0.0108. The second kappa shape index (κ2) is 7.33. The summed E-state index contributed by atoms with van der Waals surface area (Å²) in [6.45, 7) is 7.11. The van der Waals surface area contributed by atoms with E-state index in [0.717, 1.165) is 72.0 Å². The molecule has 0 spiro atoms.